The number of halogens is 1. The first kappa shape index (κ1) is 25.1. The van der Waals surface area contributed by atoms with Gasteiger partial charge in [-0.25, -0.2) is 13.9 Å². The molecule has 10 heteroatoms. The summed E-state index contributed by atoms with van der Waals surface area (Å²) in [7, 11) is 0. The number of benzene rings is 2. The highest BCUT2D eigenvalue weighted by Crippen LogP contribution is 2.22. The Bertz CT molecular complexity index is 1270. The lowest BCUT2D eigenvalue weighted by Crippen LogP contribution is -2.43. The lowest BCUT2D eigenvalue weighted by Gasteiger charge is -2.23. The van der Waals surface area contributed by atoms with E-state index in [2.05, 4.69) is 10.4 Å². The van der Waals surface area contributed by atoms with Crippen LogP contribution in [-0.4, -0.2) is 62.9 Å². The van der Waals surface area contributed by atoms with E-state index < -0.39 is 42.4 Å². The van der Waals surface area contributed by atoms with Crippen molar-refractivity contribution in [2.45, 2.75) is 38.8 Å². The van der Waals surface area contributed by atoms with E-state index in [9.17, 15) is 23.9 Å². The number of aryl methyl sites for hydroxylation is 2. The Hall–Kier alpha value is -4.05. The van der Waals surface area contributed by atoms with Gasteiger partial charge < -0.3 is 20.1 Å². The average molecular weight is 495 g/mol. The number of aliphatic hydroxyl groups is 1. The number of likely N-dealkylation sites (tertiary alicyclic amines) is 1. The van der Waals surface area contributed by atoms with E-state index in [1.807, 2.05) is 31.2 Å². The number of aliphatic hydroxyl groups excluding tert-OH is 1. The van der Waals surface area contributed by atoms with Gasteiger partial charge in [0.1, 0.15) is 17.7 Å². The Morgan fingerprint density at radius 2 is 1.86 bits per heavy atom. The van der Waals surface area contributed by atoms with Crippen molar-refractivity contribution in [2.75, 3.05) is 18.5 Å². The predicted molar refractivity (Wildman–Crippen MR) is 129 cm³/mol. The summed E-state index contributed by atoms with van der Waals surface area (Å²) in [4.78, 5) is 39.2. The summed E-state index contributed by atoms with van der Waals surface area (Å²) < 4.78 is 20.7. The molecule has 2 aromatic carbocycles. The minimum absolute atomic E-state index is 0.0249. The van der Waals surface area contributed by atoms with Gasteiger partial charge in [-0.3, -0.25) is 9.59 Å². The molecule has 0 bridgehead atoms. The number of nitrogens with one attached hydrogen (secondary N) is 1. The first-order chi connectivity index (χ1) is 17.2. The number of hydrogen-bond donors (Lipinski definition) is 2. The van der Waals surface area contributed by atoms with Crippen LogP contribution in [0.4, 0.5) is 10.2 Å². The molecule has 1 aliphatic rings. The number of rotatable bonds is 7. The Morgan fingerprint density at radius 1 is 1.14 bits per heavy atom. The number of anilines is 1. The van der Waals surface area contributed by atoms with Crippen molar-refractivity contribution in [1.29, 1.82) is 0 Å². The van der Waals surface area contributed by atoms with Crippen molar-refractivity contribution in [3.8, 4) is 5.69 Å². The topological polar surface area (TPSA) is 114 Å². The molecule has 2 unspecified atom stereocenters. The van der Waals surface area contributed by atoms with Crippen LogP contribution in [0, 0.1) is 19.7 Å². The predicted octanol–water partition coefficient (Wildman–Crippen LogP) is 2.31. The maximum atomic E-state index is 14.0. The third kappa shape index (κ3) is 5.77. The smallest absolute Gasteiger partial charge is 0.329 e. The van der Waals surface area contributed by atoms with Crippen LogP contribution in [0.5, 0.6) is 0 Å². The van der Waals surface area contributed by atoms with Crippen molar-refractivity contribution < 1.29 is 28.6 Å². The number of ether oxygens (including phenoxy) is 1. The van der Waals surface area contributed by atoms with Crippen LogP contribution < -0.4 is 5.32 Å². The van der Waals surface area contributed by atoms with Crippen molar-refractivity contribution in [3.63, 3.8) is 0 Å². The number of aromatic nitrogens is 2. The van der Waals surface area contributed by atoms with Crippen LogP contribution >= 0.6 is 0 Å². The zero-order valence-electron chi connectivity index (χ0n) is 20.0. The van der Waals surface area contributed by atoms with Crippen molar-refractivity contribution in [3.05, 3.63) is 77.2 Å². The highest BCUT2D eigenvalue weighted by atomic mass is 19.1. The van der Waals surface area contributed by atoms with Crippen LogP contribution in [0.25, 0.3) is 5.69 Å². The summed E-state index contributed by atoms with van der Waals surface area (Å²) in [5.41, 5.74) is 2.71. The molecule has 2 atom stereocenters. The summed E-state index contributed by atoms with van der Waals surface area (Å²) in [6, 6.07) is 14.1. The van der Waals surface area contributed by atoms with Gasteiger partial charge in [-0.1, -0.05) is 35.9 Å². The van der Waals surface area contributed by atoms with Gasteiger partial charge in [0.15, 0.2) is 6.61 Å². The number of nitrogens with zero attached hydrogens (tertiary/aromatic N) is 3. The van der Waals surface area contributed by atoms with Gasteiger partial charge in [-0.05, 0) is 37.6 Å². The highest BCUT2D eigenvalue weighted by molar-refractivity contribution is 5.93. The van der Waals surface area contributed by atoms with Crippen LogP contribution in [0.1, 0.15) is 23.2 Å². The molecule has 9 nitrogen and oxygen atoms in total. The molecule has 2 amide bonds. The van der Waals surface area contributed by atoms with Crippen LogP contribution in [0.15, 0.2) is 54.6 Å². The van der Waals surface area contributed by atoms with E-state index in [4.69, 9.17) is 4.74 Å². The van der Waals surface area contributed by atoms with E-state index in [1.54, 1.807) is 23.7 Å². The number of carbonyl (C=O) groups is 3. The highest BCUT2D eigenvalue weighted by Gasteiger charge is 2.40. The van der Waals surface area contributed by atoms with Crippen molar-refractivity contribution in [2.24, 2.45) is 0 Å². The fourth-order valence-corrected chi connectivity index (χ4v) is 4.10. The van der Waals surface area contributed by atoms with E-state index in [-0.39, 0.29) is 24.9 Å². The van der Waals surface area contributed by atoms with Gasteiger partial charge in [0.25, 0.3) is 5.91 Å². The molecule has 1 saturated heterocycles. The molecule has 1 aromatic heterocycles. The molecule has 1 aliphatic heterocycles. The third-order valence-corrected chi connectivity index (χ3v) is 5.89. The SMILES string of the molecule is Cc1ccc(-n2nc(C)cc2NC(=O)COC(=O)C2CC(O)CN2C(=O)Cc2ccccc2F)cc1. The molecule has 0 radical (unpaired) electrons. The average Bonchev–Trinajstić information content (AvgIpc) is 3.41. The Balaban J connectivity index is 1.37. The third-order valence-electron chi connectivity index (χ3n) is 5.89. The van der Waals surface area contributed by atoms with E-state index in [0.29, 0.717) is 11.5 Å². The van der Waals surface area contributed by atoms with E-state index in [1.165, 1.54) is 23.1 Å². The molecule has 4 rings (SSSR count). The van der Waals surface area contributed by atoms with Gasteiger partial charge in [-0.2, -0.15) is 5.10 Å². The minimum atomic E-state index is -1.06. The van der Waals surface area contributed by atoms with Gasteiger partial charge in [0.2, 0.25) is 5.91 Å². The Kier molecular flexibility index (Phi) is 7.44. The van der Waals surface area contributed by atoms with Gasteiger partial charge in [-0.15, -0.1) is 0 Å². The van der Waals surface area contributed by atoms with Gasteiger partial charge in [0.05, 0.1) is 23.9 Å². The quantitative estimate of drug-likeness (QED) is 0.488. The summed E-state index contributed by atoms with van der Waals surface area (Å²) in [5.74, 6) is -2.02. The molecule has 1 fully saturated rings. The van der Waals surface area contributed by atoms with Crippen LogP contribution in [0.3, 0.4) is 0 Å². The number of β-amino-alcohol motifs (C(OH)–C–C–N with tert-alkyl or cyclic N) is 1. The number of amides is 2. The fraction of sp³-hybridized carbons (Fsp3) is 0.308. The zero-order valence-corrected chi connectivity index (χ0v) is 20.0. The monoisotopic (exact) mass is 494 g/mol. The maximum Gasteiger partial charge on any atom is 0.329 e. The zero-order chi connectivity index (χ0) is 25.8. The first-order valence-electron chi connectivity index (χ1n) is 11.5. The van der Waals surface area contributed by atoms with E-state index >= 15 is 0 Å². The molecule has 2 N–H and O–H groups in total. The number of esters is 1. The fourth-order valence-electron chi connectivity index (χ4n) is 4.10. The molecular weight excluding hydrogens is 467 g/mol. The lowest BCUT2D eigenvalue weighted by atomic mass is 10.1. The first-order valence-corrected chi connectivity index (χ1v) is 11.5. The molecule has 2 heterocycles. The van der Waals surface area contributed by atoms with Crippen LogP contribution in [-0.2, 0) is 25.5 Å². The minimum Gasteiger partial charge on any atom is -0.454 e. The summed E-state index contributed by atoms with van der Waals surface area (Å²) in [6.07, 6.45) is -1.21. The second-order valence-corrected chi connectivity index (χ2v) is 8.79. The van der Waals surface area contributed by atoms with E-state index in [0.717, 1.165) is 11.3 Å². The normalized spacial score (nSPS) is 17.2. The number of carbonyl (C=O) groups excluding carboxylic acids is 3. The molecule has 0 aliphatic carbocycles. The summed E-state index contributed by atoms with van der Waals surface area (Å²) in [5, 5.41) is 17.1. The van der Waals surface area contributed by atoms with Crippen molar-refractivity contribution >= 4 is 23.6 Å². The summed E-state index contributed by atoms with van der Waals surface area (Å²) in [6.45, 7) is 3.10. The molecular formula is C26H27FN4O5. The molecule has 188 valence electrons. The Morgan fingerprint density at radius 3 is 2.58 bits per heavy atom. The van der Waals surface area contributed by atoms with Gasteiger partial charge in [0, 0.05) is 19.0 Å². The number of hydrogen-bond acceptors (Lipinski definition) is 6. The maximum absolute atomic E-state index is 14.0. The standard InChI is InChI=1S/C26H27FN4O5/c1-16-7-9-19(10-8-16)31-23(11-17(2)29-31)28-24(33)15-36-26(35)22-13-20(32)14-30(22)25(34)12-18-5-3-4-6-21(18)27/h3-11,20,22,32H,12-15H2,1-2H3,(H,28,33). The van der Waals surface area contributed by atoms with Crippen LogP contribution in [0.2, 0.25) is 0 Å². The summed E-state index contributed by atoms with van der Waals surface area (Å²) >= 11 is 0. The second kappa shape index (κ2) is 10.7. The van der Waals surface area contributed by atoms with Crippen molar-refractivity contribution in [1.82, 2.24) is 14.7 Å². The molecule has 0 spiro atoms. The largest absolute Gasteiger partial charge is 0.454 e. The molecule has 3 aromatic rings. The lowest BCUT2D eigenvalue weighted by molar-refractivity contribution is -0.155. The Labute approximate surface area is 207 Å². The van der Waals surface area contributed by atoms with Gasteiger partial charge >= 0.3 is 5.97 Å². The molecule has 0 saturated carbocycles. The second-order valence-electron chi connectivity index (χ2n) is 8.79. The molecule has 36 heavy (non-hydrogen) atoms.